The molecular formula is C21H25ClN4O3. The van der Waals surface area contributed by atoms with Crippen LogP contribution < -0.4 is 17.0 Å². The van der Waals surface area contributed by atoms with Gasteiger partial charge < -0.3 is 10.6 Å². The lowest BCUT2D eigenvalue weighted by molar-refractivity contribution is -0.132. The Morgan fingerprint density at radius 2 is 1.72 bits per heavy atom. The third-order valence-corrected chi connectivity index (χ3v) is 4.66. The Balaban J connectivity index is 0.00000300. The van der Waals surface area contributed by atoms with Crippen LogP contribution in [0.2, 0.25) is 0 Å². The van der Waals surface area contributed by atoms with E-state index in [1.807, 2.05) is 30.3 Å². The molecule has 0 spiro atoms. The Morgan fingerprint density at radius 1 is 1.03 bits per heavy atom. The van der Waals surface area contributed by atoms with Gasteiger partial charge in [0.15, 0.2) is 0 Å². The van der Waals surface area contributed by atoms with Crippen LogP contribution >= 0.6 is 12.4 Å². The van der Waals surface area contributed by atoms with Crippen LogP contribution in [0.3, 0.4) is 0 Å². The molecule has 3 aromatic rings. The van der Waals surface area contributed by atoms with E-state index >= 15 is 0 Å². The number of amides is 1. The van der Waals surface area contributed by atoms with Crippen molar-refractivity contribution in [3.63, 3.8) is 0 Å². The minimum atomic E-state index is -0.506. The number of fused-ring (bicyclic) bond motifs is 1. The third-order valence-electron chi connectivity index (χ3n) is 4.66. The van der Waals surface area contributed by atoms with Gasteiger partial charge in [-0.3, -0.25) is 19.1 Å². The maximum absolute atomic E-state index is 12.8. The molecule has 0 saturated heterocycles. The average molecular weight is 417 g/mol. The maximum Gasteiger partial charge on any atom is 0.328 e. The summed E-state index contributed by atoms with van der Waals surface area (Å²) in [5.74, 6) is -0.0560. The van der Waals surface area contributed by atoms with Crippen molar-refractivity contribution in [3.05, 3.63) is 81.0 Å². The second-order valence-electron chi connectivity index (χ2n) is 6.62. The first-order valence-corrected chi connectivity index (χ1v) is 9.34. The number of hydrogen-bond acceptors (Lipinski definition) is 4. The fourth-order valence-corrected chi connectivity index (χ4v) is 3.21. The summed E-state index contributed by atoms with van der Waals surface area (Å²) in [6.45, 7) is 1.76. The number of nitrogens with one attached hydrogen (secondary N) is 1. The van der Waals surface area contributed by atoms with Crippen molar-refractivity contribution in [2.45, 2.75) is 25.9 Å². The summed E-state index contributed by atoms with van der Waals surface area (Å²) in [6, 6.07) is 16.6. The highest BCUT2D eigenvalue weighted by Crippen LogP contribution is 2.10. The van der Waals surface area contributed by atoms with Gasteiger partial charge in [0.05, 0.1) is 10.9 Å². The van der Waals surface area contributed by atoms with Crippen molar-refractivity contribution in [1.29, 1.82) is 0 Å². The fourth-order valence-electron chi connectivity index (χ4n) is 3.21. The molecule has 0 radical (unpaired) electrons. The molecule has 29 heavy (non-hydrogen) atoms. The van der Waals surface area contributed by atoms with Gasteiger partial charge in [-0.15, -0.1) is 12.4 Å². The Kier molecular flexibility index (Phi) is 8.18. The molecule has 0 saturated carbocycles. The molecule has 2 aromatic carbocycles. The van der Waals surface area contributed by atoms with Crippen molar-refractivity contribution >= 4 is 29.2 Å². The number of nitrogens with zero attached hydrogens (tertiary/aromatic N) is 2. The molecule has 1 aromatic heterocycles. The van der Waals surface area contributed by atoms with E-state index < -0.39 is 11.2 Å². The van der Waals surface area contributed by atoms with Gasteiger partial charge in [0.1, 0.15) is 0 Å². The summed E-state index contributed by atoms with van der Waals surface area (Å²) in [5.41, 5.74) is 6.26. The predicted octanol–water partition coefficient (Wildman–Crippen LogP) is 1.88. The Hall–Kier alpha value is -2.90. The minimum absolute atomic E-state index is 0. The van der Waals surface area contributed by atoms with E-state index in [1.165, 1.54) is 4.57 Å². The molecule has 7 nitrogen and oxygen atoms in total. The number of aromatic amines is 1. The SMILES string of the molecule is Cl.NCCCN(Cc1ccccc1)C(=O)CCn1c(=O)[nH]c(=O)c2ccccc21. The van der Waals surface area contributed by atoms with E-state index in [4.69, 9.17) is 5.73 Å². The first-order valence-electron chi connectivity index (χ1n) is 9.34. The molecular weight excluding hydrogens is 392 g/mol. The van der Waals surface area contributed by atoms with Crippen molar-refractivity contribution in [2.75, 3.05) is 13.1 Å². The van der Waals surface area contributed by atoms with E-state index in [2.05, 4.69) is 4.98 Å². The van der Waals surface area contributed by atoms with Gasteiger partial charge in [0.25, 0.3) is 5.56 Å². The van der Waals surface area contributed by atoms with Gasteiger partial charge in [-0.1, -0.05) is 42.5 Å². The second kappa shape index (κ2) is 10.6. The number of carbonyl (C=O) groups excluding carboxylic acids is 1. The highest BCUT2D eigenvalue weighted by Gasteiger charge is 2.15. The molecule has 3 N–H and O–H groups in total. The summed E-state index contributed by atoms with van der Waals surface area (Å²) in [6.07, 6.45) is 0.869. The van der Waals surface area contributed by atoms with Crippen molar-refractivity contribution in [2.24, 2.45) is 5.73 Å². The van der Waals surface area contributed by atoms with Gasteiger partial charge in [0, 0.05) is 26.1 Å². The molecule has 0 unspecified atom stereocenters. The highest BCUT2D eigenvalue weighted by atomic mass is 35.5. The highest BCUT2D eigenvalue weighted by molar-refractivity contribution is 5.85. The van der Waals surface area contributed by atoms with Crippen LogP contribution in [0.25, 0.3) is 10.9 Å². The van der Waals surface area contributed by atoms with Crippen LogP contribution in [0.5, 0.6) is 0 Å². The smallest absolute Gasteiger partial charge is 0.328 e. The number of aromatic nitrogens is 2. The monoisotopic (exact) mass is 416 g/mol. The summed E-state index contributed by atoms with van der Waals surface area (Å²) in [5, 5.41) is 0.429. The molecule has 3 rings (SSSR count). The molecule has 0 aliphatic rings. The summed E-state index contributed by atoms with van der Waals surface area (Å²) < 4.78 is 1.44. The van der Waals surface area contributed by atoms with Gasteiger partial charge in [-0.2, -0.15) is 0 Å². The molecule has 0 aliphatic carbocycles. The zero-order chi connectivity index (χ0) is 19.9. The summed E-state index contributed by atoms with van der Waals surface area (Å²) in [7, 11) is 0. The number of hydrogen-bond donors (Lipinski definition) is 2. The molecule has 0 atom stereocenters. The van der Waals surface area contributed by atoms with Crippen LogP contribution in [0, 0.1) is 0 Å². The largest absolute Gasteiger partial charge is 0.338 e. The lowest BCUT2D eigenvalue weighted by Crippen LogP contribution is -2.35. The molecule has 0 fully saturated rings. The lowest BCUT2D eigenvalue weighted by atomic mass is 10.2. The number of rotatable bonds is 8. The first kappa shape index (κ1) is 22.4. The number of nitrogens with two attached hydrogens (primary N) is 1. The van der Waals surface area contributed by atoms with E-state index in [1.54, 1.807) is 29.2 Å². The zero-order valence-corrected chi connectivity index (χ0v) is 16.9. The van der Waals surface area contributed by atoms with E-state index in [0.29, 0.717) is 37.0 Å². The van der Waals surface area contributed by atoms with Crippen LogP contribution in [0.1, 0.15) is 18.4 Å². The van der Waals surface area contributed by atoms with Gasteiger partial charge >= 0.3 is 5.69 Å². The van der Waals surface area contributed by atoms with Gasteiger partial charge in [-0.05, 0) is 30.7 Å². The average Bonchev–Trinajstić information content (AvgIpc) is 2.71. The number of benzene rings is 2. The number of aryl methyl sites for hydroxylation is 1. The Morgan fingerprint density at radius 3 is 2.45 bits per heavy atom. The normalized spacial score (nSPS) is 10.5. The number of halogens is 1. The topological polar surface area (TPSA) is 101 Å². The minimum Gasteiger partial charge on any atom is -0.338 e. The molecule has 154 valence electrons. The zero-order valence-electron chi connectivity index (χ0n) is 16.0. The van der Waals surface area contributed by atoms with Crippen molar-refractivity contribution in [3.8, 4) is 0 Å². The number of para-hydroxylation sites is 1. The summed E-state index contributed by atoms with van der Waals surface area (Å²) in [4.78, 5) is 41.2. The lowest BCUT2D eigenvalue weighted by Gasteiger charge is -2.23. The molecule has 1 amide bonds. The predicted molar refractivity (Wildman–Crippen MR) is 116 cm³/mol. The standard InChI is InChI=1S/C21H24N4O3.ClH/c22-12-6-13-24(15-16-7-2-1-3-8-16)19(26)11-14-25-18-10-5-4-9-17(18)20(27)23-21(25)28;/h1-5,7-10H,6,11-15,22H2,(H,23,27,28);1H. The van der Waals surface area contributed by atoms with Crippen LogP contribution in [-0.4, -0.2) is 33.4 Å². The van der Waals surface area contributed by atoms with Crippen LogP contribution in [0.4, 0.5) is 0 Å². The Bertz CT molecular complexity index is 1060. The van der Waals surface area contributed by atoms with E-state index in [-0.39, 0.29) is 31.3 Å². The van der Waals surface area contributed by atoms with E-state index in [0.717, 1.165) is 5.56 Å². The quantitative estimate of drug-likeness (QED) is 0.585. The third kappa shape index (κ3) is 5.56. The molecule has 0 bridgehead atoms. The van der Waals surface area contributed by atoms with Gasteiger partial charge in [0.2, 0.25) is 5.91 Å². The first-order chi connectivity index (χ1) is 13.6. The van der Waals surface area contributed by atoms with E-state index in [9.17, 15) is 14.4 Å². The van der Waals surface area contributed by atoms with Gasteiger partial charge in [-0.25, -0.2) is 4.79 Å². The number of H-pyrrole nitrogens is 1. The molecule has 8 heteroatoms. The summed E-state index contributed by atoms with van der Waals surface area (Å²) >= 11 is 0. The maximum atomic E-state index is 12.8. The second-order valence-corrected chi connectivity index (χ2v) is 6.62. The number of carbonyl (C=O) groups is 1. The Labute approximate surface area is 174 Å². The fraction of sp³-hybridized carbons (Fsp3) is 0.286. The molecule has 1 heterocycles. The molecule has 0 aliphatic heterocycles. The van der Waals surface area contributed by atoms with Crippen molar-refractivity contribution < 1.29 is 4.79 Å². The van der Waals surface area contributed by atoms with Crippen LogP contribution in [-0.2, 0) is 17.9 Å². The van der Waals surface area contributed by atoms with Crippen LogP contribution in [0.15, 0.2) is 64.2 Å². The van der Waals surface area contributed by atoms with Crippen molar-refractivity contribution in [1.82, 2.24) is 14.5 Å².